The number of rotatable bonds is 6. The van der Waals surface area contributed by atoms with Crippen LogP contribution in [0.1, 0.15) is 20.3 Å². The fourth-order valence-corrected chi connectivity index (χ4v) is 1.62. The molecule has 0 radical (unpaired) electrons. The highest BCUT2D eigenvalue weighted by atomic mass is 35.5. The van der Waals surface area contributed by atoms with Crippen molar-refractivity contribution in [3.05, 3.63) is 33.3 Å². The molecule has 0 saturated carbocycles. The summed E-state index contributed by atoms with van der Waals surface area (Å²) in [4.78, 5) is 10.1. The van der Waals surface area contributed by atoms with Gasteiger partial charge in [-0.25, -0.2) is 0 Å². The van der Waals surface area contributed by atoms with Gasteiger partial charge in [0.1, 0.15) is 5.02 Å². The molecule has 18 heavy (non-hydrogen) atoms. The molecule has 2 N–H and O–H groups in total. The van der Waals surface area contributed by atoms with Crippen molar-refractivity contribution >= 4 is 23.0 Å². The van der Waals surface area contributed by atoms with Gasteiger partial charge in [-0.15, -0.1) is 0 Å². The van der Waals surface area contributed by atoms with Crippen molar-refractivity contribution in [2.24, 2.45) is 5.41 Å². The summed E-state index contributed by atoms with van der Waals surface area (Å²) in [7, 11) is 0. The summed E-state index contributed by atoms with van der Waals surface area (Å²) in [5, 5.41) is 23.1. The van der Waals surface area contributed by atoms with Gasteiger partial charge in [-0.05, 0) is 18.6 Å². The highest BCUT2D eigenvalue weighted by molar-refractivity contribution is 6.32. The molecule has 0 aliphatic carbocycles. The zero-order valence-electron chi connectivity index (χ0n) is 10.4. The van der Waals surface area contributed by atoms with Crippen LogP contribution in [-0.2, 0) is 0 Å². The van der Waals surface area contributed by atoms with Gasteiger partial charge in [0.15, 0.2) is 0 Å². The van der Waals surface area contributed by atoms with Crippen molar-refractivity contribution in [2.75, 3.05) is 18.5 Å². The lowest BCUT2D eigenvalue weighted by molar-refractivity contribution is -0.384. The fraction of sp³-hybridized carbons (Fsp3) is 0.500. The average molecular weight is 273 g/mol. The predicted molar refractivity (Wildman–Crippen MR) is 72.1 cm³/mol. The Morgan fingerprint density at radius 1 is 1.56 bits per heavy atom. The van der Waals surface area contributed by atoms with Gasteiger partial charge in [0.05, 0.1) is 11.5 Å². The minimum atomic E-state index is -0.518. The maximum absolute atomic E-state index is 10.6. The predicted octanol–water partition coefficient (Wildman–Crippen LogP) is 3.07. The average Bonchev–Trinajstić information content (AvgIpc) is 2.35. The van der Waals surface area contributed by atoms with E-state index in [4.69, 9.17) is 11.6 Å². The third-order valence-electron chi connectivity index (χ3n) is 3.10. The van der Waals surface area contributed by atoms with Crippen LogP contribution in [-0.4, -0.2) is 23.2 Å². The third-order valence-corrected chi connectivity index (χ3v) is 3.40. The first-order valence-electron chi connectivity index (χ1n) is 5.70. The maximum Gasteiger partial charge on any atom is 0.288 e. The topological polar surface area (TPSA) is 75.4 Å². The Morgan fingerprint density at radius 3 is 2.67 bits per heavy atom. The molecular weight excluding hydrogens is 256 g/mol. The zero-order chi connectivity index (χ0) is 13.8. The number of benzene rings is 1. The molecule has 1 aromatic carbocycles. The van der Waals surface area contributed by atoms with Crippen molar-refractivity contribution in [1.29, 1.82) is 0 Å². The molecule has 6 heteroatoms. The van der Waals surface area contributed by atoms with E-state index in [9.17, 15) is 15.2 Å². The number of anilines is 1. The van der Waals surface area contributed by atoms with Gasteiger partial charge in [0, 0.05) is 23.7 Å². The van der Waals surface area contributed by atoms with Crippen LogP contribution < -0.4 is 5.32 Å². The van der Waals surface area contributed by atoms with E-state index in [2.05, 4.69) is 5.32 Å². The molecule has 0 aliphatic heterocycles. The second kappa shape index (κ2) is 6.02. The summed E-state index contributed by atoms with van der Waals surface area (Å²) in [5.74, 6) is 0. The molecule has 0 saturated heterocycles. The summed E-state index contributed by atoms with van der Waals surface area (Å²) in [6.45, 7) is 4.62. The van der Waals surface area contributed by atoms with Gasteiger partial charge in [-0.3, -0.25) is 10.1 Å². The van der Waals surface area contributed by atoms with E-state index in [0.717, 1.165) is 6.42 Å². The second-order valence-corrected chi connectivity index (χ2v) is 5.01. The number of nitro groups is 1. The summed E-state index contributed by atoms with van der Waals surface area (Å²) in [6.07, 6.45) is 0.831. The Morgan fingerprint density at radius 2 is 2.22 bits per heavy atom. The normalized spacial score (nSPS) is 14.0. The van der Waals surface area contributed by atoms with Crippen LogP contribution in [0.3, 0.4) is 0 Å². The van der Waals surface area contributed by atoms with Crippen LogP contribution >= 0.6 is 11.6 Å². The zero-order valence-corrected chi connectivity index (χ0v) is 11.2. The van der Waals surface area contributed by atoms with Gasteiger partial charge in [0.25, 0.3) is 5.69 Å². The third kappa shape index (κ3) is 3.58. The van der Waals surface area contributed by atoms with E-state index in [0.29, 0.717) is 12.2 Å². The van der Waals surface area contributed by atoms with E-state index in [1.165, 1.54) is 12.1 Å². The molecule has 0 aliphatic rings. The molecule has 0 amide bonds. The summed E-state index contributed by atoms with van der Waals surface area (Å²) in [6, 6.07) is 4.50. The van der Waals surface area contributed by atoms with Crippen LogP contribution in [0.2, 0.25) is 5.02 Å². The number of nitrogens with zero attached hydrogens (tertiary/aromatic N) is 1. The number of aliphatic hydroxyl groups is 1. The van der Waals surface area contributed by atoms with E-state index in [1.807, 2.05) is 13.8 Å². The fourth-order valence-electron chi connectivity index (χ4n) is 1.37. The number of hydrogen-bond donors (Lipinski definition) is 2. The largest absolute Gasteiger partial charge is 0.396 e. The first kappa shape index (κ1) is 14.7. The molecule has 0 aromatic heterocycles. The van der Waals surface area contributed by atoms with Crippen molar-refractivity contribution in [3.8, 4) is 0 Å². The Balaban J connectivity index is 2.75. The Hall–Kier alpha value is -1.33. The summed E-state index contributed by atoms with van der Waals surface area (Å²) < 4.78 is 0. The number of aliphatic hydroxyl groups excluding tert-OH is 1. The molecule has 0 heterocycles. The van der Waals surface area contributed by atoms with Gasteiger partial charge >= 0.3 is 0 Å². The quantitative estimate of drug-likeness (QED) is 0.616. The number of nitro benzene ring substituents is 1. The van der Waals surface area contributed by atoms with Crippen molar-refractivity contribution in [1.82, 2.24) is 0 Å². The first-order chi connectivity index (χ1) is 8.41. The van der Waals surface area contributed by atoms with Crippen molar-refractivity contribution in [3.63, 3.8) is 0 Å². The first-order valence-corrected chi connectivity index (χ1v) is 6.08. The van der Waals surface area contributed by atoms with Crippen molar-refractivity contribution < 1.29 is 10.0 Å². The lowest BCUT2D eigenvalue weighted by Gasteiger charge is -2.26. The highest BCUT2D eigenvalue weighted by Gasteiger charge is 2.21. The highest BCUT2D eigenvalue weighted by Crippen LogP contribution is 2.28. The van der Waals surface area contributed by atoms with Crippen LogP contribution in [0.15, 0.2) is 18.2 Å². The number of nitrogens with one attached hydrogen (secondary N) is 1. The number of halogens is 1. The second-order valence-electron chi connectivity index (χ2n) is 4.60. The maximum atomic E-state index is 10.6. The molecule has 100 valence electrons. The lowest BCUT2D eigenvalue weighted by Crippen LogP contribution is -2.29. The van der Waals surface area contributed by atoms with E-state index < -0.39 is 4.92 Å². The molecule has 1 rings (SSSR count). The van der Waals surface area contributed by atoms with Gasteiger partial charge in [0.2, 0.25) is 0 Å². The lowest BCUT2D eigenvalue weighted by atomic mass is 9.88. The van der Waals surface area contributed by atoms with Gasteiger partial charge in [-0.2, -0.15) is 0 Å². The Labute approximate surface area is 111 Å². The monoisotopic (exact) mass is 272 g/mol. The minimum Gasteiger partial charge on any atom is -0.396 e. The number of hydrogen-bond acceptors (Lipinski definition) is 4. The smallest absolute Gasteiger partial charge is 0.288 e. The van der Waals surface area contributed by atoms with Crippen LogP contribution in [0.25, 0.3) is 0 Å². The molecule has 1 atom stereocenters. The Kier molecular flexibility index (Phi) is 4.93. The van der Waals surface area contributed by atoms with Gasteiger partial charge < -0.3 is 10.4 Å². The molecule has 1 aromatic rings. The van der Waals surface area contributed by atoms with Crippen LogP contribution in [0.4, 0.5) is 11.4 Å². The van der Waals surface area contributed by atoms with Gasteiger partial charge in [-0.1, -0.05) is 25.4 Å². The molecule has 5 nitrogen and oxygen atoms in total. The summed E-state index contributed by atoms with van der Waals surface area (Å²) >= 11 is 5.81. The molecule has 0 bridgehead atoms. The van der Waals surface area contributed by atoms with E-state index in [1.54, 1.807) is 6.07 Å². The summed E-state index contributed by atoms with van der Waals surface area (Å²) in [5.41, 5.74) is 0.384. The standard InChI is InChI=1S/C12H17ClN2O3/c1-3-12(2,8-16)7-14-9-4-5-11(15(17)18)10(13)6-9/h4-6,14,16H,3,7-8H2,1-2H3. The van der Waals surface area contributed by atoms with E-state index >= 15 is 0 Å². The minimum absolute atomic E-state index is 0.0806. The van der Waals surface area contributed by atoms with E-state index in [-0.39, 0.29) is 22.7 Å². The van der Waals surface area contributed by atoms with Crippen LogP contribution in [0, 0.1) is 15.5 Å². The molecular formula is C12H17ClN2O3. The molecule has 0 spiro atoms. The van der Waals surface area contributed by atoms with Crippen molar-refractivity contribution in [2.45, 2.75) is 20.3 Å². The SMILES string of the molecule is CCC(C)(CO)CNc1ccc([N+](=O)[O-])c(Cl)c1. The Bertz CT molecular complexity index is 433. The molecule has 0 fully saturated rings. The van der Waals surface area contributed by atoms with Crippen LogP contribution in [0.5, 0.6) is 0 Å². The molecule has 1 unspecified atom stereocenters.